The number of benzene rings is 1. The Hall–Kier alpha value is -2.21. The number of rotatable bonds is 3. The first kappa shape index (κ1) is 14.2. The first-order valence-corrected chi connectivity index (χ1v) is 6.52. The van der Waals surface area contributed by atoms with Crippen LogP contribution >= 0.6 is 15.9 Å². The van der Waals surface area contributed by atoms with Crippen molar-refractivity contribution in [2.45, 2.75) is 0 Å². The molecule has 0 radical (unpaired) electrons. The van der Waals surface area contributed by atoms with Crippen LogP contribution in [-0.4, -0.2) is 29.0 Å². The molecule has 1 heterocycles. The van der Waals surface area contributed by atoms with E-state index in [1.807, 2.05) is 18.2 Å². The maximum Gasteiger partial charge on any atom is 0.337 e. The topological polar surface area (TPSA) is 70.5 Å². The lowest BCUT2D eigenvalue weighted by Gasteiger charge is -2.18. The number of pyridine rings is 1. The summed E-state index contributed by atoms with van der Waals surface area (Å²) in [7, 11) is 1.63. The zero-order valence-electron chi connectivity index (χ0n) is 10.6. The minimum absolute atomic E-state index is 0.0464. The molecule has 2 rings (SSSR count). The van der Waals surface area contributed by atoms with Gasteiger partial charge in [0.15, 0.2) is 0 Å². The Labute approximate surface area is 124 Å². The Bertz CT molecular complexity index is 656. The smallest absolute Gasteiger partial charge is 0.337 e. The highest BCUT2D eigenvalue weighted by Crippen LogP contribution is 2.25. The molecule has 0 aliphatic heterocycles. The van der Waals surface area contributed by atoms with Crippen LogP contribution in [0, 0.1) is 0 Å². The monoisotopic (exact) mass is 334 g/mol. The molecule has 0 saturated heterocycles. The van der Waals surface area contributed by atoms with Crippen LogP contribution in [0.3, 0.4) is 0 Å². The van der Waals surface area contributed by atoms with Crippen LogP contribution < -0.4 is 4.90 Å². The third-order valence-corrected chi connectivity index (χ3v) is 3.42. The Morgan fingerprint density at radius 1 is 1.20 bits per heavy atom. The van der Waals surface area contributed by atoms with Gasteiger partial charge in [0.2, 0.25) is 0 Å². The largest absolute Gasteiger partial charge is 0.478 e. The van der Waals surface area contributed by atoms with E-state index < -0.39 is 5.97 Å². The fraction of sp³-hybridized carbons (Fsp3) is 0.0714. The van der Waals surface area contributed by atoms with E-state index in [9.17, 15) is 9.59 Å². The van der Waals surface area contributed by atoms with Crippen LogP contribution in [0.4, 0.5) is 5.69 Å². The molecule has 0 saturated carbocycles. The summed E-state index contributed by atoms with van der Waals surface area (Å²) >= 11 is 3.38. The number of amides is 1. The SMILES string of the molecule is CN(C(=O)c1ccc(C(=O)O)cn1)c1ccccc1Br. The van der Waals surface area contributed by atoms with Gasteiger partial charge in [-0.05, 0) is 40.2 Å². The fourth-order valence-electron chi connectivity index (χ4n) is 1.65. The Morgan fingerprint density at radius 2 is 1.90 bits per heavy atom. The van der Waals surface area contributed by atoms with Crippen LogP contribution in [-0.2, 0) is 0 Å². The van der Waals surface area contributed by atoms with Gasteiger partial charge in [0.25, 0.3) is 5.91 Å². The first-order valence-electron chi connectivity index (χ1n) is 5.72. The molecule has 0 aliphatic carbocycles. The van der Waals surface area contributed by atoms with Gasteiger partial charge in [-0.15, -0.1) is 0 Å². The predicted molar refractivity (Wildman–Crippen MR) is 78.1 cm³/mol. The highest BCUT2D eigenvalue weighted by atomic mass is 79.9. The number of hydrogen-bond donors (Lipinski definition) is 1. The van der Waals surface area contributed by atoms with Crippen LogP contribution in [0.25, 0.3) is 0 Å². The highest BCUT2D eigenvalue weighted by Gasteiger charge is 2.17. The Balaban J connectivity index is 2.27. The van der Waals surface area contributed by atoms with Crippen molar-refractivity contribution in [2.75, 3.05) is 11.9 Å². The van der Waals surface area contributed by atoms with Gasteiger partial charge in [0.1, 0.15) is 5.69 Å². The number of anilines is 1. The molecule has 0 aliphatic rings. The van der Waals surface area contributed by atoms with E-state index in [4.69, 9.17) is 5.11 Å². The van der Waals surface area contributed by atoms with Gasteiger partial charge in [-0.3, -0.25) is 9.78 Å². The van der Waals surface area contributed by atoms with Gasteiger partial charge in [-0.1, -0.05) is 12.1 Å². The second-order valence-corrected chi connectivity index (χ2v) is 4.91. The van der Waals surface area contributed by atoms with Crippen molar-refractivity contribution in [3.8, 4) is 0 Å². The van der Waals surface area contributed by atoms with Gasteiger partial charge in [0, 0.05) is 17.7 Å². The molecule has 5 nitrogen and oxygen atoms in total. The van der Waals surface area contributed by atoms with Gasteiger partial charge < -0.3 is 10.0 Å². The molecular weight excluding hydrogens is 324 g/mol. The molecule has 20 heavy (non-hydrogen) atoms. The van der Waals surface area contributed by atoms with E-state index in [2.05, 4.69) is 20.9 Å². The number of halogens is 1. The summed E-state index contributed by atoms with van der Waals surface area (Å²) in [6.07, 6.45) is 1.17. The number of aromatic carboxylic acids is 1. The number of aromatic nitrogens is 1. The van der Waals surface area contributed by atoms with E-state index >= 15 is 0 Å². The molecule has 1 aromatic carbocycles. The molecule has 0 bridgehead atoms. The quantitative estimate of drug-likeness (QED) is 0.936. The number of carboxylic acids is 1. The third kappa shape index (κ3) is 2.85. The van der Waals surface area contributed by atoms with Gasteiger partial charge in [-0.25, -0.2) is 4.79 Å². The minimum atomic E-state index is -1.07. The van der Waals surface area contributed by atoms with Crippen LogP contribution in [0.15, 0.2) is 47.1 Å². The normalized spacial score (nSPS) is 10.1. The summed E-state index contributed by atoms with van der Waals surface area (Å²) in [5, 5.41) is 8.80. The van der Waals surface area contributed by atoms with Crippen LogP contribution in [0.1, 0.15) is 20.8 Å². The van der Waals surface area contributed by atoms with Crippen molar-refractivity contribution in [3.05, 3.63) is 58.3 Å². The van der Waals surface area contributed by atoms with Crippen molar-refractivity contribution >= 4 is 33.5 Å². The fourth-order valence-corrected chi connectivity index (χ4v) is 2.20. The summed E-state index contributed by atoms with van der Waals surface area (Å²) in [5.74, 6) is -1.38. The molecule has 0 fully saturated rings. The lowest BCUT2D eigenvalue weighted by molar-refractivity contribution is 0.0695. The Kier molecular flexibility index (Phi) is 4.14. The third-order valence-electron chi connectivity index (χ3n) is 2.75. The summed E-state index contributed by atoms with van der Waals surface area (Å²) in [5.41, 5.74) is 0.944. The van der Waals surface area contributed by atoms with Crippen LogP contribution in [0.2, 0.25) is 0 Å². The summed E-state index contributed by atoms with van der Waals surface area (Å²) in [6.45, 7) is 0. The molecule has 0 spiro atoms. The second kappa shape index (κ2) is 5.83. The van der Waals surface area contributed by atoms with E-state index in [-0.39, 0.29) is 17.2 Å². The zero-order chi connectivity index (χ0) is 14.7. The van der Waals surface area contributed by atoms with Gasteiger partial charge in [0.05, 0.1) is 11.3 Å². The number of carbonyl (C=O) groups excluding carboxylic acids is 1. The molecule has 0 unspecified atom stereocenters. The Morgan fingerprint density at radius 3 is 2.45 bits per heavy atom. The van der Waals surface area contributed by atoms with Crippen molar-refractivity contribution < 1.29 is 14.7 Å². The van der Waals surface area contributed by atoms with Gasteiger partial charge in [-0.2, -0.15) is 0 Å². The summed E-state index contributed by atoms with van der Waals surface area (Å²) in [4.78, 5) is 28.4. The number of nitrogens with zero attached hydrogens (tertiary/aromatic N) is 2. The molecular formula is C14H11BrN2O3. The molecule has 2 aromatic rings. The van der Waals surface area contributed by atoms with E-state index in [1.54, 1.807) is 13.1 Å². The lowest BCUT2D eigenvalue weighted by Crippen LogP contribution is -2.27. The van der Waals surface area contributed by atoms with E-state index in [1.165, 1.54) is 23.2 Å². The molecule has 1 N–H and O–H groups in total. The standard InChI is InChI=1S/C14H11BrN2O3/c1-17(12-5-3-2-4-10(12)15)13(18)11-7-6-9(8-16-11)14(19)20/h2-8H,1H3,(H,19,20). The minimum Gasteiger partial charge on any atom is -0.478 e. The average Bonchev–Trinajstić information content (AvgIpc) is 2.46. The highest BCUT2D eigenvalue weighted by molar-refractivity contribution is 9.10. The first-order chi connectivity index (χ1) is 9.50. The maximum atomic E-state index is 12.3. The molecule has 0 atom stereocenters. The second-order valence-electron chi connectivity index (χ2n) is 4.05. The zero-order valence-corrected chi connectivity index (χ0v) is 12.2. The molecule has 102 valence electrons. The lowest BCUT2D eigenvalue weighted by atomic mass is 10.2. The van der Waals surface area contributed by atoms with E-state index in [0.717, 1.165) is 4.47 Å². The number of para-hydroxylation sites is 1. The average molecular weight is 335 g/mol. The van der Waals surface area contributed by atoms with Crippen molar-refractivity contribution in [3.63, 3.8) is 0 Å². The van der Waals surface area contributed by atoms with E-state index in [0.29, 0.717) is 5.69 Å². The summed E-state index contributed by atoms with van der Waals surface area (Å²) < 4.78 is 0.790. The van der Waals surface area contributed by atoms with Crippen molar-refractivity contribution in [2.24, 2.45) is 0 Å². The molecule has 1 aromatic heterocycles. The predicted octanol–water partition coefficient (Wildman–Crippen LogP) is 2.82. The number of carboxylic acid groups (broad SMARTS) is 1. The van der Waals surface area contributed by atoms with Gasteiger partial charge >= 0.3 is 5.97 Å². The maximum absolute atomic E-state index is 12.3. The van der Waals surface area contributed by atoms with Crippen molar-refractivity contribution in [1.82, 2.24) is 4.98 Å². The molecule has 6 heteroatoms. The number of hydrogen-bond acceptors (Lipinski definition) is 3. The van der Waals surface area contributed by atoms with Crippen LogP contribution in [0.5, 0.6) is 0 Å². The number of carbonyl (C=O) groups is 2. The van der Waals surface area contributed by atoms with Crippen molar-refractivity contribution in [1.29, 1.82) is 0 Å². The summed E-state index contributed by atoms with van der Waals surface area (Å²) in [6, 6.07) is 10.1. The molecule has 1 amide bonds.